The van der Waals surface area contributed by atoms with Gasteiger partial charge in [-0.15, -0.1) is 10.2 Å². The molecule has 1 aliphatic heterocycles. The molecule has 1 N–H and O–H groups in total. The van der Waals surface area contributed by atoms with E-state index in [0.717, 1.165) is 36.7 Å². The van der Waals surface area contributed by atoms with E-state index in [4.69, 9.17) is 0 Å². The Bertz CT molecular complexity index is 1420. The second-order valence-corrected chi connectivity index (χ2v) is 10.3. The van der Waals surface area contributed by atoms with Crippen LogP contribution in [0.4, 0.5) is 8.78 Å². The van der Waals surface area contributed by atoms with E-state index in [1.54, 1.807) is 16.6 Å². The molecular formula is C23H21F2N5O3S. The Morgan fingerprint density at radius 2 is 2.03 bits per heavy atom. The lowest BCUT2D eigenvalue weighted by molar-refractivity contribution is 0.0330. The molecule has 0 radical (unpaired) electrons. The second-order valence-electron chi connectivity index (χ2n) is 9.23. The number of carbonyl (C=O) groups is 1. The summed E-state index contributed by atoms with van der Waals surface area (Å²) in [5.41, 5.74) is -0.936. The number of rotatable bonds is 3. The van der Waals surface area contributed by atoms with Crippen molar-refractivity contribution in [1.82, 2.24) is 19.8 Å². The lowest BCUT2D eigenvalue weighted by Gasteiger charge is -2.52. The maximum atomic E-state index is 14.1. The molecule has 2 aromatic heterocycles. The number of pyridine rings is 1. The van der Waals surface area contributed by atoms with Gasteiger partial charge >= 0.3 is 0 Å². The van der Waals surface area contributed by atoms with Crippen LogP contribution in [-0.4, -0.2) is 50.5 Å². The SMILES string of the molecule is CN1C(=O)c2c(O)c(=O)c(-c3nnc(Cc4ccc(F)cc4F)s3)cn2N(C)C12CC[C@@H]1C[C@@H]12. The van der Waals surface area contributed by atoms with Crippen LogP contribution in [0.15, 0.2) is 29.2 Å². The van der Waals surface area contributed by atoms with Gasteiger partial charge in [-0.25, -0.2) is 8.78 Å². The van der Waals surface area contributed by atoms with Crippen molar-refractivity contribution in [2.45, 2.75) is 31.3 Å². The molecule has 1 amide bonds. The van der Waals surface area contributed by atoms with Crippen LogP contribution in [0, 0.1) is 23.5 Å². The van der Waals surface area contributed by atoms with E-state index >= 15 is 0 Å². The average Bonchev–Trinajstić information content (AvgIpc) is 3.28. The van der Waals surface area contributed by atoms with Crippen molar-refractivity contribution in [2.75, 3.05) is 19.1 Å². The number of nitrogens with zero attached hydrogens (tertiary/aromatic N) is 5. The van der Waals surface area contributed by atoms with Crippen LogP contribution in [0.25, 0.3) is 10.6 Å². The van der Waals surface area contributed by atoms with Gasteiger partial charge in [0.05, 0.1) is 5.56 Å². The Hall–Kier alpha value is -3.34. The number of hydrogen-bond acceptors (Lipinski definition) is 7. The highest BCUT2D eigenvalue weighted by Gasteiger charge is 2.65. The topological polar surface area (TPSA) is 91.6 Å². The first-order valence-electron chi connectivity index (χ1n) is 11.0. The van der Waals surface area contributed by atoms with Crippen LogP contribution in [0.2, 0.25) is 0 Å². The van der Waals surface area contributed by atoms with Crippen LogP contribution < -0.4 is 10.4 Å². The van der Waals surface area contributed by atoms with E-state index in [0.29, 0.717) is 16.8 Å². The molecule has 11 heteroatoms. The molecule has 0 bridgehead atoms. The molecule has 176 valence electrons. The number of benzene rings is 1. The van der Waals surface area contributed by atoms with Gasteiger partial charge in [0.2, 0.25) is 5.43 Å². The van der Waals surface area contributed by atoms with Gasteiger partial charge in [-0.3, -0.25) is 19.3 Å². The van der Waals surface area contributed by atoms with E-state index in [2.05, 4.69) is 10.2 Å². The van der Waals surface area contributed by atoms with E-state index in [9.17, 15) is 23.5 Å². The largest absolute Gasteiger partial charge is 0.502 e. The molecule has 2 aliphatic carbocycles. The minimum atomic E-state index is -0.719. The quantitative estimate of drug-likeness (QED) is 0.614. The van der Waals surface area contributed by atoms with E-state index in [1.165, 1.54) is 18.3 Å². The first-order chi connectivity index (χ1) is 16.2. The zero-order valence-electron chi connectivity index (χ0n) is 18.5. The van der Waals surface area contributed by atoms with Crippen molar-refractivity contribution in [3.05, 3.63) is 62.5 Å². The summed E-state index contributed by atoms with van der Waals surface area (Å²) in [5.74, 6) is -1.45. The smallest absolute Gasteiger partial charge is 0.278 e. The Labute approximate surface area is 197 Å². The van der Waals surface area contributed by atoms with Crippen LogP contribution in [0.1, 0.15) is 40.3 Å². The van der Waals surface area contributed by atoms with Crippen LogP contribution in [0.5, 0.6) is 5.75 Å². The van der Waals surface area contributed by atoms with Crippen molar-refractivity contribution < 1.29 is 18.7 Å². The van der Waals surface area contributed by atoms with Gasteiger partial charge in [-0.2, -0.15) is 0 Å². The maximum Gasteiger partial charge on any atom is 0.278 e. The number of hydrogen-bond donors (Lipinski definition) is 1. The summed E-state index contributed by atoms with van der Waals surface area (Å²) in [4.78, 5) is 28.0. The van der Waals surface area contributed by atoms with Crippen molar-refractivity contribution in [2.24, 2.45) is 11.8 Å². The third kappa shape index (κ3) is 2.79. The summed E-state index contributed by atoms with van der Waals surface area (Å²) in [6.45, 7) is 0. The lowest BCUT2D eigenvalue weighted by atomic mass is 9.98. The van der Waals surface area contributed by atoms with Gasteiger partial charge < -0.3 is 10.0 Å². The molecule has 1 unspecified atom stereocenters. The Balaban J connectivity index is 1.41. The normalized spacial score (nSPS) is 25.1. The van der Waals surface area contributed by atoms with Crippen molar-refractivity contribution in [3.63, 3.8) is 0 Å². The molecular weight excluding hydrogens is 464 g/mol. The minimum Gasteiger partial charge on any atom is -0.502 e. The number of aromatic nitrogens is 3. The van der Waals surface area contributed by atoms with Crippen LogP contribution in [0.3, 0.4) is 0 Å². The zero-order chi connectivity index (χ0) is 23.9. The number of carbonyl (C=O) groups excluding carboxylic acids is 1. The molecule has 0 saturated heterocycles. The standard InChI is InChI=1S/C23H21F2N5O3S/c1-28-22(33)18-20(32)19(31)14(10-30(18)29(2)23(28)6-5-11-7-15(11)23)21-27-26-17(34-21)8-12-3-4-13(24)9-16(12)25/h3-4,9-11,15,32H,5-8H2,1-2H3/t11-,15+,23?/m1/s1. The minimum absolute atomic E-state index is 0.0772. The molecule has 34 heavy (non-hydrogen) atoms. The van der Waals surface area contributed by atoms with Gasteiger partial charge in [0, 0.05) is 38.7 Å². The highest BCUT2D eigenvalue weighted by Crippen LogP contribution is 2.61. The van der Waals surface area contributed by atoms with Gasteiger partial charge in [0.1, 0.15) is 22.3 Å². The molecule has 3 atom stereocenters. The molecule has 6 rings (SSSR count). The Kier molecular flexibility index (Phi) is 4.42. The first-order valence-corrected chi connectivity index (χ1v) is 11.8. The Morgan fingerprint density at radius 1 is 1.24 bits per heavy atom. The Morgan fingerprint density at radius 3 is 2.71 bits per heavy atom. The highest BCUT2D eigenvalue weighted by molar-refractivity contribution is 7.14. The molecule has 2 fully saturated rings. The zero-order valence-corrected chi connectivity index (χ0v) is 19.3. The van der Waals surface area contributed by atoms with Crippen LogP contribution in [-0.2, 0) is 6.42 Å². The van der Waals surface area contributed by atoms with Crippen molar-refractivity contribution in [3.8, 4) is 16.3 Å². The van der Waals surface area contributed by atoms with Gasteiger partial charge in [0.15, 0.2) is 16.5 Å². The summed E-state index contributed by atoms with van der Waals surface area (Å²) in [5, 5.41) is 21.5. The molecule has 2 saturated carbocycles. The summed E-state index contributed by atoms with van der Waals surface area (Å²) in [7, 11) is 3.59. The highest BCUT2D eigenvalue weighted by atomic mass is 32.1. The predicted octanol–water partition coefficient (Wildman–Crippen LogP) is 2.72. The molecule has 3 aliphatic rings. The van der Waals surface area contributed by atoms with E-state index < -0.39 is 34.4 Å². The number of amides is 1. The molecule has 3 heterocycles. The third-order valence-electron chi connectivity index (χ3n) is 7.59. The third-order valence-corrected chi connectivity index (χ3v) is 8.55. The number of aromatic hydroxyl groups is 1. The van der Waals surface area contributed by atoms with Crippen molar-refractivity contribution in [1.29, 1.82) is 0 Å². The average molecular weight is 486 g/mol. The molecule has 1 spiro atoms. The molecule has 8 nitrogen and oxygen atoms in total. The van der Waals surface area contributed by atoms with E-state index in [1.807, 2.05) is 12.1 Å². The summed E-state index contributed by atoms with van der Waals surface area (Å²) >= 11 is 1.08. The summed E-state index contributed by atoms with van der Waals surface area (Å²) in [6, 6.07) is 3.31. The second kappa shape index (κ2) is 7.08. The maximum absolute atomic E-state index is 14.1. The van der Waals surface area contributed by atoms with Crippen LogP contribution >= 0.6 is 11.3 Å². The summed E-state index contributed by atoms with van der Waals surface area (Å²) in [6.07, 6.45) is 4.51. The molecule has 1 aromatic carbocycles. The first kappa shape index (κ1) is 21.2. The fraction of sp³-hybridized carbons (Fsp3) is 0.391. The fourth-order valence-electron chi connectivity index (χ4n) is 5.71. The predicted molar refractivity (Wildman–Crippen MR) is 120 cm³/mol. The monoisotopic (exact) mass is 485 g/mol. The van der Waals surface area contributed by atoms with E-state index in [-0.39, 0.29) is 28.2 Å². The van der Waals surface area contributed by atoms with Gasteiger partial charge in [-0.05, 0) is 36.8 Å². The summed E-state index contributed by atoms with van der Waals surface area (Å²) < 4.78 is 28.8. The number of halogens is 2. The molecule has 3 aromatic rings. The number of fused-ring (bicyclic) bond motifs is 3. The van der Waals surface area contributed by atoms with Crippen molar-refractivity contribution >= 4 is 17.2 Å². The fourth-order valence-corrected chi connectivity index (χ4v) is 6.58. The van der Waals surface area contributed by atoms with Gasteiger partial charge in [0.25, 0.3) is 5.91 Å². The lowest BCUT2D eigenvalue weighted by Crippen LogP contribution is -2.68. The van der Waals surface area contributed by atoms with Gasteiger partial charge in [-0.1, -0.05) is 17.4 Å².